The Bertz CT molecular complexity index is 1090. The summed E-state index contributed by atoms with van der Waals surface area (Å²) in [5.41, 5.74) is 2.77. The van der Waals surface area contributed by atoms with Crippen LogP contribution in [0.5, 0.6) is 5.75 Å². The van der Waals surface area contributed by atoms with Gasteiger partial charge >= 0.3 is 0 Å². The van der Waals surface area contributed by atoms with Crippen LogP contribution < -0.4 is 10.3 Å². The van der Waals surface area contributed by atoms with Crippen LogP contribution >= 0.6 is 0 Å². The lowest BCUT2D eigenvalue weighted by atomic mass is 10.0. The first-order chi connectivity index (χ1) is 16.1. The summed E-state index contributed by atoms with van der Waals surface area (Å²) in [6, 6.07) is 7.94. The Balaban J connectivity index is 1.29. The summed E-state index contributed by atoms with van der Waals surface area (Å²) in [6.45, 7) is 2.98. The van der Waals surface area contributed by atoms with Crippen molar-refractivity contribution in [3.8, 4) is 5.75 Å². The third-order valence-corrected chi connectivity index (χ3v) is 7.17. The molecule has 1 amide bonds. The van der Waals surface area contributed by atoms with E-state index < -0.39 is 0 Å². The number of hydrogen-bond donors (Lipinski definition) is 1. The van der Waals surface area contributed by atoms with Gasteiger partial charge in [-0.05, 0) is 49.3 Å². The number of allylic oxidation sites excluding steroid dienone is 2. The molecule has 1 N–H and O–H groups in total. The Hall–Kier alpha value is -2.93. The fourth-order valence-electron chi connectivity index (χ4n) is 5.34. The number of fused-ring (bicyclic) bond motifs is 1. The Morgan fingerprint density at radius 2 is 2.06 bits per heavy atom. The number of amides is 1. The maximum atomic E-state index is 13.0. The number of ether oxygens (including phenoxy) is 1. The zero-order valence-corrected chi connectivity index (χ0v) is 19.3. The van der Waals surface area contributed by atoms with Gasteiger partial charge in [0.1, 0.15) is 11.6 Å². The lowest BCUT2D eigenvalue weighted by molar-refractivity contribution is -0.133. The molecule has 2 aliphatic heterocycles. The first kappa shape index (κ1) is 21.9. The number of rotatable bonds is 6. The fraction of sp³-hybridized carbons (Fsp3) is 0.500. The van der Waals surface area contributed by atoms with Crippen LogP contribution in [-0.4, -0.2) is 45.9 Å². The van der Waals surface area contributed by atoms with E-state index in [0.717, 1.165) is 68.7 Å². The zero-order chi connectivity index (χ0) is 22.8. The molecule has 2 aromatic rings. The third-order valence-electron chi connectivity index (χ3n) is 7.17. The van der Waals surface area contributed by atoms with Crippen molar-refractivity contribution in [3.63, 3.8) is 0 Å². The molecule has 0 bridgehead atoms. The van der Waals surface area contributed by atoms with Gasteiger partial charge in [0.2, 0.25) is 5.91 Å². The second kappa shape index (κ2) is 9.51. The summed E-state index contributed by atoms with van der Waals surface area (Å²) >= 11 is 0. The molecule has 1 aliphatic carbocycles. The molecule has 0 radical (unpaired) electrons. The monoisotopic (exact) mass is 448 g/mol. The summed E-state index contributed by atoms with van der Waals surface area (Å²) in [7, 11) is 1.66. The zero-order valence-electron chi connectivity index (χ0n) is 19.3. The number of benzene rings is 1. The molecule has 1 saturated heterocycles. The smallest absolute Gasteiger partial charge is 0.255 e. The predicted octanol–water partition coefficient (Wildman–Crippen LogP) is 3.36. The lowest BCUT2D eigenvalue weighted by Gasteiger charge is -2.29. The Morgan fingerprint density at radius 3 is 2.82 bits per heavy atom. The van der Waals surface area contributed by atoms with E-state index >= 15 is 0 Å². The highest BCUT2D eigenvalue weighted by molar-refractivity contribution is 5.77. The molecule has 0 saturated carbocycles. The van der Waals surface area contributed by atoms with Crippen molar-refractivity contribution in [2.45, 2.75) is 57.7 Å². The van der Waals surface area contributed by atoms with Gasteiger partial charge in [-0.25, -0.2) is 4.98 Å². The van der Waals surface area contributed by atoms with E-state index in [1.54, 1.807) is 7.11 Å². The molecule has 2 atom stereocenters. The van der Waals surface area contributed by atoms with Crippen LogP contribution in [-0.2, 0) is 24.3 Å². The van der Waals surface area contributed by atoms with Crippen molar-refractivity contribution in [3.05, 3.63) is 69.4 Å². The number of nitrogens with one attached hydrogen (secondary N) is 1. The van der Waals surface area contributed by atoms with Gasteiger partial charge in [-0.1, -0.05) is 24.3 Å². The number of nitrogens with zero attached hydrogens (tertiary/aromatic N) is 3. The van der Waals surface area contributed by atoms with Crippen LogP contribution in [0, 0.1) is 5.92 Å². The number of hydrogen-bond acceptors (Lipinski definition) is 5. The standard InChI is InChI=1S/C26H32N4O3/c1-33-20-10-8-19(9-11-20)16-29-14-12-22-21(17-29)26(32)28-25(27-22)23-7-4-13-30(23)24(31)15-18-5-2-3-6-18/h2,5,8-11,18,23H,3-4,6-7,12-17H2,1H3,(H,27,28,32)/t18-,23+/m1/s1. The van der Waals surface area contributed by atoms with Crippen LogP contribution in [0.3, 0.4) is 0 Å². The highest BCUT2D eigenvalue weighted by Crippen LogP contribution is 2.32. The van der Waals surface area contributed by atoms with Gasteiger partial charge in [0.15, 0.2) is 0 Å². The van der Waals surface area contributed by atoms with Crippen molar-refractivity contribution in [1.29, 1.82) is 0 Å². The fourth-order valence-corrected chi connectivity index (χ4v) is 5.34. The molecule has 5 rings (SSSR count). The average Bonchev–Trinajstić information content (AvgIpc) is 3.52. The maximum absolute atomic E-state index is 13.0. The first-order valence-electron chi connectivity index (χ1n) is 12.0. The third kappa shape index (κ3) is 4.74. The Morgan fingerprint density at radius 1 is 1.21 bits per heavy atom. The van der Waals surface area contributed by atoms with Gasteiger partial charge in [-0.15, -0.1) is 0 Å². The minimum absolute atomic E-state index is 0.0625. The van der Waals surface area contributed by atoms with Crippen LogP contribution in [0.2, 0.25) is 0 Å². The number of likely N-dealkylation sites (tertiary alicyclic amines) is 1. The van der Waals surface area contributed by atoms with Gasteiger partial charge < -0.3 is 14.6 Å². The molecule has 7 heteroatoms. The average molecular weight is 449 g/mol. The van der Waals surface area contributed by atoms with Gasteiger partial charge in [0.05, 0.1) is 24.4 Å². The summed E-state index contributed by atoms with van der Waals surface area (Å²) < 4.78 is 5.24. The van der Waals surface area contributed by atoms with E-state index in [0.29, 0.717) is 24.7 Å². The van der Waals surface area contributed by atoms with Crippen molar-refractivity contribution < 1.29 is 9.53 Å². The Kier molecular flexibility index (Phi) is 6.31. The van der Waals surface area contributed by atoms with Gasteiger partial charge in [-0.2, -0.15) is 0 Å². The largest absolute Gasteiger partial charge is 0.497 e. The number of methoxy groups -OCH3 is 1. The van der Waals surface area contributed by atoms with Crippen molar-refractivity contribution in [2.24, 2.45) is 5.92 Å². The molecule has 33 heavy (non-hydrogen) atoms. The summed E-state index contributed by atoms with van der Waals surface area (Å²) in [6.07, 6.45) is 9.57. The molecular formula is C26H32N4O3. The molecule has 1 aromatic heterocycles. The van der Waals surface area contributed by atoms with Crippen molar-refractivity contribution in [2.75, 3.05) is 20.2 Å². The van der Waals surface area contributed by atoms with Crippen LogP contribution in [0.4, 0.5) is 0 Å². The molecule has 1 aromatic carbocycles. The Labute approximate surface area is 194 Å². The topological polar surface area (TPSA) is 78.5 Å². The van der Waals surface area contributed by atoms with E-state index in [1.807, 2.05) is 17.0 Å². The van der Waals surface area contributed by atoms with Gasteiger partial charge in [-0.3, -0.25) is 14.5 Å². The van der Waals surface area contributed by atoms with Crippen molar-refractivity contribution >= 4 is 5.91 Å². The van der Waals surface area contributed by atoms with E-state index in [4.69, 9.17) is 9.72 Å². The highest BCUT2D eigenvalue weighted by Gasteiger charge is 2.33. The summed E-state index contributed by atoms with van der Waals surface area (Å²) in [5, 5.41) is 0. The minimum atomic E-state index is -0.113. The molecule has 3 aliphatic rings. The number of H-pyrrole nitrogens is 1. The number of carbonyl (C=O) groups excluding carboxylic acids is 1. The van der Waals surface area contributed by atoms with Gasteiger partial charge in [0.25, 0.3) is 5.56 Å². The molecule has 3 heterocycles. The predicted molar refractivity (Wildman–Crippen MR) is 126 cm³/mol. The molecule has 0 spiro atoms. The lowest BCUT2D eigenvalue weighted by Crippen LogP contribution is -2.38. The van der Waals surface area contributed by atoms with E-state index in [9.17, 15) is 9.59 Å². The normalized spacial score (nSPS) is 22.5. The molecule has 7 nitrogen and oxygen atoms in total. The minimum Gasteiger partial charge on any atom is -0.497 e. The van der Waals surface area contributed by atoms with Crippen LogP contribution in [0.1, 0.15) is 60.8 Å². The molecular weight excluding hydrogens is 416 g/mol. The number of aromatic nitrogens is 2. The first-order valence-corrected chi connectivity index (χ1v) is 12.0. The maximum Gasteiger partial charge on any atom is 0.255 e. The highest BCUT2D eigenvalue weighted by atomic mass is 16.5. The summed E-state index contributed by atoms with van der Waals surface area (Å²) in [4.78, 5) is 38.1. The van der Waals surface area contributed by atoms with E-state index in [1.165, 1.54) is 5.56 Å². The van der Waals surface area contributed by atoms with Gasteiger partial charge in [0, 0.05) is 39.0 Å². The number of aromatic amines is 1. The quantitative estimate of drug-likeness (QED) is 0.686. The molecule has 174 valence electrons. The van der Waals surface area contributed by atoms with Crippen molar-refractivity contribution in [1.82, 2.24) is 19.8 Å². The van der Waals surface area contributed by atoms with E-state index in [2.05, 4.69) is 34.2 Å². The molecule has 0 unspecified atom stereocenters. The SMILES string of the molecule is COc1ccc(CN2CCc3nc([C@@H]4CCCN4C(=O)C[C@@H]4C=CCC4)[nH]c(=O)c3C2)cc1. The second-order valence-corrected chi connectivity index (χ2v) is 9.40. The summed E-state index contributed by atoms with van der Waals surface area (Å²) in [5.74, 6) is 2.04. The van der Waals surface area contributed by atoms with Crippen LogP contribution in [0.25, 0.3) is 0 Å². The van der Waals surface area contributed by atoms with E-state index in [-0.39, 0.29) is 17.5 Å². The second-order valence-electron chi connectivity index (χ2n) is 9.40. The molecule has 1 fully saturated rings. The van der Waals surface area contributed by atoms with Crippen LogP contribution in [0.15, 0.2) is 41.2 Å². The number of carbonyl (C=O) groups is 1.